The monoisotopic (exact) mass is 437 g/mol. The zero-order valence-corrected chi connectivity index (χ0v) is 18.0. The lowest BCUT2D eigenvalue weighted by Crippen LogP contribution is -2.36. The first kappa shape index (κ1) is 20.4. The van der Waals surface area contributed by atoms with Crippen molar-refractivity contribution in [1.82, 2.24) is 0 Å². The summed E-state index contributed by atoms with van der Waals surface area (Å²) in [4.78, 5) is 15.6. The van der Waals surface area contributed by atoms with E-state index in [1.54, 1.807) is 41.3 Å². The molecular weight excluding hydrogens is 418 g/mol. The highest BCUT2D eigenvalue weighted by molar-refractivity contribution is 7.90. The quantitative estimate of drug-likeness (QED) is 0.571. The third-order valence-electron chi connectivity index (χ3n) is 5.16. The van der Waals surface area contributed by atoms with Crippen LogP contribution in [0.2, 0.25) is 5.02 Å². The molecule has 0 spiro atoms. The first-order valence-corrected chi connectivity index (χ1v) is 11.8. The second-order valence-corrected chi connectivity index (χ2v) is 9.65. The highest BCUT2D eigenvalue weighted by Crippen LogP contribution is 2.37. The first-order valence-electron chi connectivity index (χ1n) is 9.51. The van der Waals surface area contributed by atoms with Crippen molar-refractivity contribution in [3.8, 4) is 0 Å². The summed E-state index contributed by atoms with van der Waals surface area (Å²) in [5, 5.41) is 0.577. The molecule has 0 bridgehead atoms. The van der Waals surface area contributed by atoms with Gasteiger partial charge in [0.15, 0.2) is 9.84 Å². The molecule has 0 radical (unpaired) electrons. The van der Waals surface area contributed by atoms with Crippen LogP contribution >= 0.6 is 11.6 Å². The topological polar surface area (TPSA) is 54.5 Å². The van der Waals surface area contributed by atoms with Crippen molar-refractivity contribution >= 4 is 44.2 Å². The van der Waals surface area contributed by atoms with Crippen LogP contribution in [-0.4, -0.2) is 27.1 Å². The van der Waals surface area contributed by atoms with Gasteiger partial charge >= 0.3 is 0 Å². The molecule has 1 aliphatic heterocycles. The maximum atomic E-state index is 13.6. The number of carbonyl (C=O) groups excluding carboxylic acids is 1. The predicted octanol–water partition coefficient (Wildman–Crippen LogP) is 5.09. The summed E-state index contributed by atoms with van der Waals surface area (Å²) in [5.74, 6) is -0.100. The number of nitrogens with zero attached hydrogens (tertiary/aromatic N) is 1. The fourth-order valence-corrected chi connectivity index (χ4v) is 4.51. The molecule has 1 aliphatic rings. The van der Waals surface area contributed by atoms with Crippen LogP contribution in [0.15, 0.2) is 83.8 Å². The summed E-state index contributed by atoms with van der Waals surface area (Å²) in [6.07, 6.45) is 1.82. The van der Waals surface area contributed by atoms with Crippen LogP contribution in [0.4, 0.5) is 5.69 Å². The van der Waals surface area contributed by atoms with Gasteiger partial charge in [0.1, 0.15) is 0 Å². The number of halogens is 1. The van der Waals surface area contributed by atoms with Crippen LogP contribution < -0.4 is 4.90 Å². The largest absolute Gasteiger partial charge is 0.308 e. The summed E-state index contributed by atoms with van der Waals surface area (Å²) in [5.41, 5.74) is 3.96. The number of rotatable bonds is 4. The zero-order chi connectivity index (χ0) is 21.3. The molecule has 152 valence electrons. The number of benzene rings is 3. The second-order valence-electron chi connectivity index (χ2n) is 7.20. The number of hydrogen-bond donors (Lipinski definition) is 0. The minimum absolute atomic E-state index is 0.100. The van der Waals surface area contributed by atoms with E-state index in [1.165, 1.54) is 6.26 Å². The molecule has 30 heavy (non-hydrogen) atoms. The van der Waals surface area contributed by atoms with Crippen molar-refractivity contribution in [2.24, 2.45) is 0 Å². The van der Waals surface area contributed by atoms with Gasteiger partial charge in [-0.2, -0.15) is 0 Å². The third kappa shape index (κ3) is 4.04. The van der Waals surface area contributed by atoms with Crippen molar-refractivity contribution in [2.45, 2.75) is 11.3 Å². The van der Waals surface area contributed by atoms with E-state index in [2.05, 4.69) is 0 Å². The van der Waals surface area contributed by atoms with Crippen LogP contribution in [0.5, 0.6) is 0 Å². The molecule has 0 atom stereocenters. The number of sulfone groups is 1. The van der Waals surface area contributed by atoms with Crippen LogP contribution in [0.1, 0.15) is 17.5 Å². The predicted molar refractivity (Wildman–Crippen MR) is 121 cm³/mol. The maximum Gasteiger partial charge on any atom is 0.259 e. The van der Waals surface area contributed by atoms with E-state index >= 15 is 0 Å². The minimum Gasteiger partial charge on any atom is -0.308 e. The molecule has 4 rings (SSSR count). The van der Waals surface area contributed by atoms with Crippen LogP contribution in [0, 0.1) is 0 Å². The molecule has 1 heterocycles. The van der Waals surface area contributed by atoms with Crippen LogP contribution in [0.3, 0.4) is 0 Å². The Morgan fingerprint density at radius 1 is 0.867 bits per heavy atom. The molecule has 1 amide bonds. The smallest absolute Gasteiger partial charge is 0.259 e. The van der Waals surface area contributed by atoms with Gasteiger partial charge < -0.3 is 4.90 Å². The Morgan fingerprint density at radius 2 is 1.57 bits per heavy atom. The Hall–Kier alpha value is -2.89. The summed E-state index contributed by atoms with van der Waals surface area (Å²) in [6, 6.07) is 23.5. The summed E-state index contributed by atoms with van der Waals surface area (Å²) < 4.78 is 23.6. The van der Waals surface area contributed by atoms with Crippen molar-refractivity contribution in [2.75, 3.05) is 17.7 Å². The first-order chi connectivity index (χ1) is 14.3. The van der Waals surface area contributed by atoms with Crippen molar-refractivity contribution in [3.05, 3.63) is 95.0 Å². The third-order valence-corrected chi connectivity index (χ3v) is 6.52. The van der Waals surface area contributed by atoms with Gasteiger partial charge in [-0.05, 0) is 53.5 Å². The molecule has 6 heteroatoms. The minimum atomic E-state index is -3.28. The standard InChI is InChI=1S/C24H20ClNO3S/c1-30(28,29)21-12-10-17(11-13-21)22-14-15-26(20-9-5-8-19(25)16-20)24(27)23(22)18-6-3-2-4-7-18/h2-13,16H,14-15H2,1H3. The van der Waals surface area contributed by atoms with Gasteiger partial charge in [-0.3, -0.25) is 4.79 Å². The molecule has 0 aromatic heterocycles. The lowest BCUT2D eigenvalue weighted by Gasteiger charge is -2.31. The lowest BCUT2D eigenvalue weighted by molar-refractivity contribution is -0.113. The Bertz CT molecular complexity index is 1230. The van der Waals surface area contributed by atoms with E-state index < -0.39 is 9.84 Å². The fraction of sp³-hybridized carbons (Fsp3) is 0.125. The Labute approximate surface area is 181 Å². The Morgan fingerprint density at radius 3 is 2.20 bits per heavy atom. The molecule has 0 N–H and O–H groups in total. The van der Waals surface area contributed by atoms with E-state index in [0.29, 0.717) is 23.6 Å². The van der Waals surface area contributed by atoms with Gasteiger partial charge in [0, 0.05) is 23.5 Å². The van der Waals surface area contributed by atoms with Crippen molar-refractivity contribution < 1.29 is 13.2 Å². The lowest BCUT2D eigenvalue weighted by atomic mass is 9.88. The molecule has 0 saturated carbocycles. The van der Waals surface area contributed by atoms with Crippen LogP contribution in [0.25, 0.3) is 11.1 Å². The average Bonchev–Trinajstić information content (AvgIpc) is 2.73. The summed E-state index contributed by atoms with van der Waals surface area (Å²) >= 11 is 6.14. The Balaban J connectivity index is 1.83. The van der Waals surface area contributed by atoms with E-state index in [0.717, 1.165) is 22.4 Å². The number of carbonyl (C=O) groups is 1. The van der Waals surface area contributed by atoms with Gasteiger partial charge in [-0.25, -0.2) is 8.42 Å². The average molecular weight is 438 g/mol. The van der Waals surface area contributed by atoms with Gasteiger partial charge in [0.2, 0.25) is 0 Å². The van der Waals surface area contributed by atoms with E-state index in [-0.39, 0.29) is 10.8 Å². The zero-order valence-electron chi connectivity index (χ0n) is 16.4. The molecule has 3 aromatic rings. The van der Waals surface area contributed by atoms with E-state index in [4.69, 9.17) is 11.6 Å². The fourth-order valence-electron chi connectivity index (χ4n) is 3.70. The molecule has 3 aromatic carbocycles. The van der Waals surface area contributed by atoms with Gasteiger partial charge in [-0.1, -0.05) is 60.1 Å². The maximum absolute atomic E-state index is 13.6. The Kier molecular flexibility index (Phi) is 5.50. The number of anilines is 1. The molecule has 4 nitrogen and oxygen atoms in total. The normalized spacial score (nSPS) is 14.9. The summed E-state index contributed by atoms with van der Waals surface area (Å²) in [7, 11) is -3.28. The molecule has 0 aliphatic carbocycles. The second kappa shape index (κ2) is 8.09. The molecular formula is C24H20ClNO3S. The van der Waals surface area contributed by atoms with Gasteiger partial charge in [-0.15, -0.1) is 0 Å². The molecule has 0 unspecified atom stereocenters. The molecule has 0 fully saturated rings. The van der Waals surface area contributed by atoms with E-state index in [9.17, 15) is 13.2 Å². The van der Waals surface area contributed by atoms with Crippen LogP contribution in [-0.2, 0) is 14.6 Å². The van der Waals surface area contributed by atoms with Crippen molar-refractivity contribution in [3.63, 3.8) is 0 Å². The highest BCUT2D eigenvalue weighted by atomic mass is 35.5. The van der Waals surface area contributed by atoms with Gasteiger partial charge in [0.05, 0.1) is 10.5 Å². The number of amides is 1. The van der Waals surface area contributed by atoms with E-state index in [1.807, 2.05) is 42.5 Å². The highest BCUT2D eigenvalue weighted by Gasteiger charge is 2.30. The van der Waals surface area contributed by atoms with Gasteiger partial charge in [0.25, 0.3) is 5.91 Å². The SMILES string of the molecule is CS(=O)(=O)c1ccc(C2=C(c3ccccc3)C(=O)N(c3cccc(Cl)c3)CC2)cc1. The molecule has 0 saturated heterocycles. The van der Waals surface area contributed by atoms with Crippen molar-refractivity contribution in [1.29, 1.82) is 0 Å². The number of hydrogen-bond acceptors (Lipinski definition) is 3. The summed E-state index contributed by atoms with van der Waals surface area (Å²) in [6.45, 7) is 0.513.